The van der Waals surface area contributed by atoms with Crippen molar-refractivity contribution in [2.75, 3.05) is 5.32 Å². The molecule has 3 heterocycles. The fourth-order valence-electron chi connectivity index (χ4n) is 2.69. The van der Waals surface area contributed by atoms with Gasteiger partial charge in [0.15, 0.2) is 5.82 Å². The van der Waals surface area contributed by atoms with E-state index >= 15 is 0 Å². The standard InChI is InChI=1S/C19H17N5O2/c1-3-16-22-19(26-23-16)13-8-7-12(2)14(10-13)21-18(25)15-11-20-17-6-4-5-9-24(15)17/h4-11H,3H2,1-2H3,(H,21,25). The van der Waals surface area contributed by atoms with Gasteiger partial charge in [0.25, 0.3) is 11.8 Å². The summed E-state index contributed by atoms with van der Waals surface area (Å²) in [6.45, 7) is 3.89. The van der Waals surface area contributed by atoms with E-state index in [-0.39, 0.29) is 5.91 Å². The molecule has 0 aliphatic carbocycles. The smallest absolute Gasteiger partial charge is 0.274 e. The predicted octanol–water partition coefficient (Wildman–Crippen LogP) is 3.51. The number of carbonyl (C=O) groups excluding carboxylic acids is 1. The van der Waals surface area contributed by atoms with Crippen molar-refractivity contribution in [3.63, 3.8) is 0 Å². The maximum absolute atomic E-state index is 12.7. The molecule has 130 valence electrons. The van der Waals surface area contributed by atoms with E-state index in [0.29, 0.717) is 29.5 Å². The topological polar surface area (TPSA) is 85.3 Å². The lowest BCUT2D eigenvalue weighted by Gasteiger charge is -2.09. The summed E-state index contributed by atoms with van der Waals surface area (Å²) in [6, 6.07) is 11.2. The van der Waals surface area contributed by atoms with Crippen LogP contribution in [0, 0.1) is 6.92 Å². The summed E-state index contributed by atoms with van der Waals surface area (Å²) in [4.78, 5) is 21.3. The molecule has 0 spiro atoms. The molecule has 0 bridgehead atoms. The number of aryl methyl sites for hydroxylation is 2. The van der Waals surface area contributed by atoms with Gasteiger partial charge in [-0.3, -0.25) is 9.20 Å². The van der Waals surface area contributed by atoms with Gasteiger partial charge in [-0.2, -0.15) is 4.98 Å². The van der Waals surface area contributed by atoms with Crippen LogP contribution in [0.4, 0.5) is 5.69 Å². The molecule has 0 saturated carbocycles. The molecular weight excluding hydrogens is 330 g/mol. The van der Waals surface area contributed by atoms with Gasteiger partial charge in [-0.25, -0.2) is 4.98 Å². The van der Waals surface area contributed by atoms with Crippen molar-refractivity contribution in [2.45, 2.75) is 20.3 Å². The summed E-state index contributed by atoms with van der Waals surface area (Å²) >= 11 is 0. The monoisotopic (exact) mass is 347 g/mol. The molecule has 7 heteroatoms. The van der Waals surface area contributed by atoms with Crippen LogP contribution in [0.2, 0.25) is 0 Å². The molecule has 0 saturated heterocycles. The highest BCUT2D eigenvalue weighted by Crippen LogP contribution is 2.25. The van der Waals surface area contributed by atoms with Gasteiger partial charge in [-0.05, 0) is 36.8 Å². The molecule has 0 fully saturated rings. The molecule has 0 radical (unpaired) electrons. The first-order valence-corrected chi connectivity index (χ1v) is 8.32. The average Bonchev–Trinajstić information content (AvgIpc) is 3.30. The Morgan fingerprint density at radius 3 is 2.96 bits per heavy atom. The first kappa shape index (κ1) is 16.0. The van der Waals surface area contributed by atoms with Crippen molar-refractivity contribution in [2.24, 2.45) is 0 Å². The fourth-order valence-corrected chi connectivity index (χ4v) is 2.69. The Labute approximate surface area is 149 Å². The molecule has 0 unspecified atom stereocenters. The first-order chi connectivity index (χ1) is 12.7. The predicted molar refractivity (Wildman–Crippen MR) is 97.0 cm³/mol. The number of amides is 1. The largest absolute Gasteiger partial charge is 0.334 e. The number of carbonyl (C=O) groups is 1. The van der Waals surface area contributed by atoms with Crippen molar-refractivity contribution in [3.05, 3.63) is 65.9 Å². The number of benzene rings is 1. The van der Waals surface area contributed by atoms with Crippen LogP contribution >= 0.6 is 0 Å². The minimum absolute atomic E-state index is 0.233. The van der Waals surface area contributed by atoms with Gasteiger partial charge < -0.3 is 9.84 Å². The van der Waals surface area contributed by atoms with Crippen LogP contribution in [-0.2, 0) is 6.42 Å². The number of imidazole rings is 1. The van der Waals surface area contributed by atoms with E-state index in [9.17, 15) is 4.79 Å². The van der Waals surface area contributed by atoms with Crippen molar-refractivity contribution < 1.29 is 9.32 Å². The molecule has 4 rings (SSSR count). The van der Waals surface area contributed by atoms with Gasteiger partial charge in [0, 0.05) is 23.9 Å². The van der Waals surface area contributed by atoms with Crippen molar-refractivity contribution in [3.8, 4) is 11.5 Å². The number of anilines is 1. The number of nitrogens with one attached hydrogen (secondary N) is 1. The van der Waals surface area contributed by atoms with Gasteiger partial charge in [-0.15, -0.1) is 0 Å². The molecule has 0 atom stereocenters. The fraction of sp³-hybridized carbons (Fsp3) is 0.158. The number of nitrogens with zero attached hydrogens (tertiary/aromatic N) is 4. The summed E-state index contributed by atoms with van der Waals surface area (Å²) in [7, 11) is 0. The van der Waals surface area contributed by atoms with Crippen molar-refractivity contribution in [1.82, 2.24) is 19.5 Å². The van der Waals surface area contributed by atoms with Crippen LogP contribution in [0.1, 0.15) is 28.8 Å². The molecule has 26 heavy (non-hydrogen) atoms. The molecular formula is C19H17N5O2. The summed E-state index contributed by atoms with van der Waals surface area (Å²) in [6.07, 6.45) is 4.08. The second-order valence-electron chi connectivity index (χ2n) is 5.93. The Hall–Kier alpha value is -3.48. The maximum atomic E-state index is 12.7. The first-order valence-electron chi connectivity index (χ1n) is 8.32. The Balaban J connectivity index is 1.65. The van der Waals surface area contributed by atoms with E-state index in [1.165, 1.54) is 0 Å². The summed E-state index contributed by atoms with van der Waals surface area (Å²) in [5.41, 5.74) is 3.58. The molecule has 1 amide bonds. The average molecular weight is 347 g/mol. The number of aromatic nitrogens is 4. The molecule has 7 nitrogen and oxygen atoms in total. The SMILES string of the molecule is CCc1noc(-c2ccc(C)c(NC(=O)c3cnc4ccccn34)c2)n1. The number of pyridine rings is 1. The summed E-state index contributed by atoms with van der Waals surface area (Å²) in [5.74, 6) is 0.854. The third-order valence-corrected chi connectivity index (χ3v) is 4.17. The molecule has 3 aromatic heterocycles. The lowest BCUT2D eigenvalue weighted by molar-refractivity contribution is 0.102. The van der Waals surface area contributed by atoms with Gasteiger partial charge >= 0.3 is 0 Å². The summed E-state index contributed by atoms with van der Waals surface area (Å²) in [5, 5.41) is 6.86. The van der Waals surface area contributed by atoms with Gasteiger partial charge in [0.05, 0.1) is 6.20 Å². The van der Waals surface area contributed by atoms with Crippen LogP contribution in [0.25, 0.3) is 17.1 Å². The highest BCUT2D eigenvalue weighted by Gasteiger charge is 2.15. The van der Waals surface area contributed by atoms with Gasteiger partial charge in [-0.1, -0.05) is 24.2 Å². The van der Waals surface area contributed by atoms with E-state index in [4.69, 9.17) is 4.52 Å². The number of rotatable bonds is 4. The van der Waals surface area contributed by atoms with Crippen LogP contribution in [-0.4, -0.2) is 25.4 Å². The lowest BCUT2D eigenvalue weighted by atomic mass is 10.1. The highest BCUT2D eigenvalue weighted by atomic mass is 16.5. The number of fused-ring (bicyclic) bond motifs is 1. The third-order valence-electron chi connectivity index (χ3n) is 4.17. The zero-order valence-corrected chi connectivity index (χ0v) is 14.4. The van der Waals surface area contributed by atoms with Crippen LogP contribution in [0.15, 0.2) is 53.3 Å². The van der Waals surface area contributed by atoms with Gasteiger partial charge in [0.2, 0.25) is 0 Å². The third kappa shape index (κ3) is 2.83. The zero-order chi connectivity index (χ0) is 18.1. The van der Waals surface area contributed by atoms with E-state index < -0.39 is 0 Å². The minimum Gasteiger partial charge on any atom is -0.334 e. The van der Waals surface area contributed by atoms with E-state index in [0.717, 1.165) is 16.8 Å². The lowest BCUT2D eigenvalue weighted by Crippen LogP contribution is -2.15. The molecule has 0 aliphatic heterocycles. The van der Waals surface area contributed by atoms with E-state index in [1.54, 1.807) is 10.6 Å². The number of hydrogen-bond donors (Lipinski definition) is 1. The minimum atomic E-state index is -0.233. The van der Waals surface area contributed by atoms with Crippen molar-refractivity contribution >= 4 is 17.2 Å². The van der Waals surface area contributed by atoms with Crippen LogP contribution in [0.5, 0.6) is 0 Å². The second-order valence-corrected chi connectivity index (χ2v) is 5.93. The van der Waals surface area contributed by atoms with Crippen LogP contribution < -0.4 is 5.32 Å². The van der Waals surface area contributed by atoms with E-state index in [2.05, 4.69) is 20.4 Å². The van der Waals surface area contributed by atoms with Crippen LogP contribution in [0.3, 0.4) is 0 Å². The highest BCUT2D eigenvalue weighted by molar-refractivity contribution is 6.04. The normalized spacial score (nSPS) is 11.0. The molecule has 4 aromatic rings. The van der Waals surface area contributed by atoms with Crippen molar-refractivity contribution in [1.29, 1.82) is 0 Å². The Bertz CT molecular complexity index is 1100. The Kier molecular flexibility index (Phi) is 3.96. The van der Waals surface area contributed by atoms with Gasteiger partial charge in [0.1, 0.15) is 11.3 Å². The zero-order valence-electron chi connectivity index (χ0n) is 14.4. The number of hydrogen-bond acceptors (Lipinski definition) is 5. The van der Waals surface area contributed by atoms with E-state index in [1.807, 2.05) is 56.4 Å². The maximum Gasteiger partial charge on any atom is 0.274 e. The quantitative estimate of drug-likeness (QED) is 0.610. The Morgan fingerprint density at radius 1 is 1.27 bits per heavy atom. The molecule has 1 aromatic carbocycles. The molecule has 0 aliphatic rings. The molecule has 1 N–H and O–H groups in total. The second kappa shape index (κ2) is 6.44. The summed E-state index contributed by atoms with van der Waals surface area (Å²) < 4.78 is 7.03. The Morgan fingerprint density at radius 2 is 2.15 bits per heavy atom.